The summed E-state index contributed by atoms with van der Waals surface area (Å²) in [4.78, 5) is 17.8. The maximum Gasteiger partial charge on any atom is 0.224 e. The Kier molecular flexibility index (Phi) is 16.7. The van der Waals surface area contributed by atoms with Crippen molar-refractivity contribution in [2.75, 3.05) is 47.9 Å². The van der Waals surface area contributed by atoms with Crippen molar-refractivity contribution in [2.24, 2.45) is 0 Å². The molecule has 8 nitrogen and oxygen atoms in total. The molecule has 0 bridgehead atoms. The van der Waals surface area contributed by atoms with Gasteiger partial charge in [-0.3, -0.25) is 0 Å². The molecule has 0 aliphatic heterocycles. The van der Waals surface area contributed by atoms with E-state index in [4.69, 9.17) is 10.1 Å². The van der Waals surface area contributed by atoms with Gasteiger partial charge in [-0.15, -0.1) is 11.8 Å². The molecule has 0 saturated heterocycles. The van der Waals surface area contributed by atoms with E-state index in [2.05, 4.69) is 88.1 Å². The van der Waals surface area contributed by atoms with E-state index in [9.17, 15) is 0 Å². The highest BCUT2D eigenvalue weighted by molar-refractivity contribution is 7.99. The van der Waals surface area contributed by atoms with Gasteiger partial charge in [0, 0.05) is 43.6 Å². The number of aromatic nitrogens is 4. The zero-order valence-corrected chi connectivity index (χ0v) is 27.3. The summed E-state index contributed by atoms with van der Waals surface area (Å²) in [5, 5.41) is 19.4. The first-order valence-corrected chi connectivity index (χ1v) is 16.9. The van der Waals surface area contributed by atoms with Gasteiger partial charge in [0.05, 0.1) is 12.3 Å². The maximum atomic E-state index is 8.66. The fourth-order valence-electron chi connectivity index (χ4n) is 4.55. The van der Waals surface area contributed by atoms with Crippen molar-refractivity contribution in [1.82, 2.24) is 19.9 Å². The normalized spacial score (nSPS) is 15.0. The molecule has 1 aliphatic carbocycles. The molecule has 236 valence electrons. The first-order valence-electron chi connectivity index (χ1n) is 15.9. The molecule has 0 amide bonds. The van der Waals surface area contributed by atoms with Gasteiger partial charge in [0.15, 0.2) is 0 Å². The van der Waals surface area contributed by atoms with E-state index in [1.165, 1.54) is 35.9 Å². The summed E-state index contributed by atoms with van der Waals surface area (Å²) in [6, 6.07) is 26.8. The van der Waals surface area contributed by atoms with E-state index in [-0.39, 0.29) is 6.61 Å². The second kappa shape index (κ2) is 21.1. The minimum absolute atomic E-state index is 0.173. The Bertz CT molecular complexity index is 1220. The van der Waals surface area contributed by atoms with E-state index < -0.39 is 0 Å². The Labute approximate surface area is 268 Å². The minimum Gasteiger partial charge on any atom is -0.396 e. The van der Waals surface area contributed by atoms with Gasteiger partial charge in [0.2, 0.25) is 11.9 Å². The molecule has 2 aromatic heterocycles. The van der Waals surface area contributed by atoms with Gasteiger partial charge in [-0.1, -0.05) is 87.5 Å². The van der Waals surface area contributed by atoms with Crippen molar-refractivity contribution in [3.63, 3.8) is 0 Å². The van der Waals surface area contributed by atoms with E-state index in [0.29, 0.717) is 23.5 Å². The molecule has 0 spiro atoms. The second-order valence-corrected chi connectivity index (χ2v) is 11.5. The molecule has 2 aromatic carbocycles. The van der Waals surface area contributed by atoms with E-state index in [1.807, 2.05) is 42.5 Å². The topological polar surface area (TPSA) is 108 Å². The van der Waals surface area contributed by atoms with Crippen molar-refractivity contribution in [1.29, 1.82) is 0 Å². The number of aliphatic hydroxyl groups is 1. The van der Waals surface area contributed by atoms with Gasteiger partial charge < -0.3 is 21.1 Å². The highest BCUT2D eigenvalue weighted by Crippen LogP contribution is 2.48. The Morgan fingerprint density at radius 1 is 0.705 bits per heavy atom. The van der Waals surface area contributed by atoms with Crippen LogP contribution in [0.2, 0.25) is 0 Å². The highest BCUT2D eigenvalue weighted by atomic mass is 32.2. The molecular weight excluding hydrogens is 567 g/mol. The van der Waals surface area contributed by atoms with Crippen LogP contribution in [-0.4, -0.2) is 57.0 Å². The Morgan fingerprint density at radius 3 is 1.89 bits per heavy atom. The van der Waals surface area contributed by atoms with Gasteiger partial charge in [-0.25, -0.2) is 15.0 Å². The van der Waals surface area contributed by atoms with Crippen LogP contribution in [-0.2, 0) is 0 Å². The van der Waals surface area contributed by atoms with Crippen molar-refractivity contribution < 1.29 is 5.11 Å². The van der Waals surface area contributed by atoms with Crippen LogP contribution < -0.4 is 16.0 Å². The highest BCUT2D eigenvalue weighted by Gasteiger charge is 2.34. The summed E-state index contributed by atoms with van der Waals surface area (Å²) in [6.45, 7) is 9.32. The standard InChI is InChI=1S/C20H28N4.C9H15N3OS.C6H6/c1-3-12-21-19-14-18(23-20(24-19)22-13-4-2)17-11-10-16(17)15-8-6-5-7-9-15;1-2-4-10-9-11-5-3-8(12-9)14-7-6-13;1-2-4-6-5-3-1/h5-9,14,16-17H,3-4,10-13H2,1-2H3,(H2,21,22,23,24);3,5,13H,2,4,6-7H2,1H3,(H,10,11,12);1-6H. The van der Waals surface area contributed by atoms with E-state index in [1.54, 1.807) is 6.20 Å². The predicted octanol–water partition coefficient (Wildman–Crippen LogP) is 7.85. The molecule has 2 heterocycles. The predicted molar refractivity (Wildman–Crippen MR) is 186 cm³/mol. The molecule has 0 radical (unpaired) electrons. The fourth-order valence-corrected chi connectivity index (χ4v) is 5.16. The average Bonchev–Trinajstić information content (AvgIpc) is 3.06. The first kappa shape index (κ1) is 34.8. The summed E-state index contributed by atoms with van der Waals surface area (Å²) in [6.07, 6.45) is 7.39. The SMILES string of the molecule is CCCNc1cc(C2CCC2c2ccccc2)nc(NCCC)n1.CCCNc1nccc(SCCO)n1.c1ccccc1. The molecular formula is C35H49N7OS. The third-order valence-electron chi connectivity index (χ3n) is 6.89. The molecule has 1 saturated carbocycles. The second-order valence-electron chi connectivity index (χ2n) is 10.4. The van der Waals surface area contributed by atoms with Gasteiger partial charge in [0.25, 0.3) is 0 Å². The van der Waals surface area contributed by atoms with Crippen LogP contribution in [0.3, 0.4) is 0 Å². The number of nitrogens with zero attached hydrogens (tertiary/aromatic N) is 4. The lowest BCUT2D eigenvalue weighted by molar-refractivity contribution is 0.322. The molecule has 2 unspecified atom stereocenters. The monoisotopic (exact) mass is 615 g/mol. The lowest BCUT2D eigenvalue weighted by atomic mass is 9.68. The molecule has 2 atom stereocenters. The quantitative estimate of drug-likeness (QED) is 0.0833. The molecule has 1 aliphatic rings. The number of hydrogen-bond acceptors (Lipinski definition) is 9. The van der Waals surface area contributed by atoms with Crippen molar-refractivity contribution in [2.45, 2.75) is 69.7 Å². The van der Waals surface area contributed by atoms with Gasteiger partial charge in [-0.05, 0) is 49.7 Å². The number of rotatable bonds is 14. The van der Waals surface area contributed by atoms with E-state index >= 15 is 0 Å². The van der Waals surface area contributed by atoms with Gasteiger partial charge in [0.1, 0.15) is 10.8 Å². The van der Waals surface area contributed by atoms with Gasteiger partial charge >= 0.3 is 0 Å². The largest absolute Gasteiger partial charge is 0.396 e. The lowest BCUT2D eigenvalue weighted by Gasteiger charge is -2.37. The molecule has 9 heteroatoms. The summed E-state index contributed by atoms with van der Waals surface area (Å²) < 4.78 is 0. The summed E-state index contributed by atoms with van der Waals surface area (Å²) >= 11 is 1.53. The fraction of sp³-hybridized carbons (Fsp3) is 0.429. The number of thioether (sulfide) groups is 1. The van der Waals surface area contributed by atoms with E-state index in [0.717, 1.165) is 55.7 Å². The molecule has 1 fully saturated rings. The Hall–Kier alpha value is -3.69. The van der Waals surface area contributed by atoms with Crippen LogP contribution in [0.1, 0.15) is 76.0 Å². The molecule has 44 heavy (non-hydrogen) atoms. The zero-order valence-electron chi connectivity index (χ0n) is 26.5. The van der Waals surface area contributed by atoms with Crippen molar-refractivity contribution in [3.05, 3.63) is 96.3 Å². The third kappa shape index (κ3) is 12.5. The van der Waals surface area contributed by atoms with Crippen LogP contribution in [0.4, 0.5) is 17.7 Å². The van der Waals surface area contributed by atoms with Crippen molar-refractivity contribution >= 4 is 29.5 Å². The average molecular weight is 616 g/mol. The zero-order chi connectivity index (χ0) is 31.2. The van der Waals surface area contributed by atoms with Crippen LogP contribution in [0.25, 0.3) is 0 Å². The first-order chi connectivity index (χ1) is 21.7. The summed E-state index contributed by atoms with van der Waals surface area (Å²) in [5.74, 6) is 4.11. The van der Waals surface area contributed by atoms with Crippen LogP contribution >= 0.6 is 11.8 Å². The summed E-state index contributed by atoms with van der Waals surface area (Å²) in [7, 11) is 0. The van der Waals surface area contributed by atoms with Crippen LogP contribution in [0.15, 0.2) is 90.1 Å². The Balaban J connectivity index is 0.000000221. The number of benzene rings is 2. The molecule has 4 aromatic rings. The molecule has 5 rings (SSSR count). The van der Waals surface area contributed by atoms with Crippen LogP contribution in [0.5, 0.6) is 0 Å². The minimum atomic E-state index is 0.173. The third-order valence-corrected chi connectivity index (χ3v) is 7.80. The number of anilines is 3. The number of hydrogen-bond donors (Lipinski definition) is 4. The maximum absolute atomic E-state index is 8.66. The van der Waals surface area contributed by atoms with Crippen LogP contribution in [0, 0.1) is 0 Å². The number of aliphatic hydroxyl groups excluding tert-OH is 1. The molecule has 4 N–H and O–H groups in total. The Morgan fingerprint density at radius 2 is 1.30 bits per heavy atom. The summed E-state index contributed by atoms with van der Waals surface area (Å²) in [5.41, 5.74) is 2.60. The number of nitrogens with one attached hydrogen (secondary N) is 3. The smallest absolute Gasteiger partial charge is 0.224 e. The van der Waals surface area contributed by atoms with Gasteiger partial charge in [-0.2, -0.15) is 4.98 Å². The van der Waals surface area contributed by atoms with Crippen molar-refractivity contribution in [3.8, 4) is 0 Å². The lowest BCUT2D eigenvalue weighted by Crippen LogP contribution is -2.23.